The minimum absolute atomic E-state index is 0.0184. The van der Waals surface area contributed by atoms with Gasteiger partial charge in [0.25, 0.3) is 5.91 Å². The van der Waals surface area contributed by atoms with Gasteiger partial charge in [0.05, 0.1) is 19.2 Å². The number of unbranched alkanes of at least 4 members (excludes halogenated alkanes) is 1. The van der Waals surface area contributed by atoms with E-state index in [1.165, 1.54) is 31.4 Å². The predicted molar refractivity (Wildman–Crippen MR) is 104 cm³/mol. The summed E-state index contributed by atoms with van der Waals surface area (Å²) in [6, 6.07) is 11.7. The zero-order valence-electron chi connectivity index (χ0n) is 16.4. The Hall–Kier alpha value is -3.22. The monoisotopic (exact) mass is 398 g/mol. The first-order valence-electron chi connectivity index (χ1n) is 9.48. The smallest absolute Gasteiger partial charge is 0.337 e. The maximum atomic E-state index is 13.4. The Morgan fingerprint density at radius 3 is 2.55 bits per heavy atom. The molecule has 1 aliphatic rings. The number of benzene rings is 2. The first kappa shape index (κ1) is 20.5. The number of carbonyl (C=O) groups is 3. The number of esters is 1. The maximum Gasteiger partial charge on any atom is 0.337 e. The highest BCUT2D eigenvalue weighted by atomic mass is 19.1. The summed E-state index contributed by atoms with van der Waals surface area (Å²) in [6.45, 7) is 2.01. The Kier molecular flexibility index (Phi) is 5.96. The number of halogens is 1. The lowest BCUT2D eigenvalue weighted by atomic mass is 9.84. The lowest BCUT2D eigenvalue weighted by Crippen LogP contribution is -2.44. The fourth-order valence-corrected chi connectivity index (χ4v) is 3.55. The number of hydrogen-bond donors (Lipinski definition) is 1. The Bertz CT molecular complexity index is 929. The van der Waals surface area contributed by atoms with Crippen LogP contribution in [0.1, 0.15) is 47.7 Å². The third-order valence-corrected chi connectivity index (χ3v) is 5.11. The van der Waals surface area contributed by atoms with E-state index in [0.29, 0.717) is 23.1 Å². The van der Waals surface area contributed by atoms with Gasteiger partial charge in [0, 0.05) is 0 Å². The van der Waals surface area contributed by atoms with E-state index in [-0.39, 0.29) is 12.5 Å². The normalized spacial score (nSPS) is 18.7. The summed E-state index contributed by atoms with van der Waals surface area (Å²) in [7, 11) is 1.29. The molecule has 2 aromatic carbocycles. The van der Waals surface area contributed by atoms with E-state index in [9.17, 15) is 18.8 Å². The van der Waals surface area contributed by atoms with E-state index >= 15 is 0 Å². The summed E-state index contributed by atoms with van der Waals surface area (Å²) in [4.78, 5) is 39.0. The molecule has 7 heteroatoms. The summed E-state index contributed by atoms with van der Waals surface area (Å²) in [5.74, 6) is -1.29. The second-order valence-electron chi connectivity index (χ2n) is 7.03. The number of methoxy groups -OCH3 is 1. The molecule has 0 saturated carbocycles. The number of carbonyl (C=O) groups excluding carboxylic acids is 3. The van der Waals surface area contributed by atoms with Crippen molar-refractivity contribution in [3.05, 3.63) is 71.0 Å². The van der Waals surface area contributed by atoms with Crippen molar-refractivity contribution in [2.45, 2.75) is 38.3 Å². The van der Waals surface area contributed by atoms with Crippen molar-refractivity contribution in [2.75, 3.05) is 7.11 Å². The number of ether oxygens (including phenoxy) is 1. The van der Waals surface area contributed by atoms with Crippen molar-refractivity contribution >= 4 is 17.9 Å². The van der Waals surface area contributed by atoms with Crippen molar-refractivity contribution in [1.82, 2.24) is 10.2 Å². The van der Waals surface area contributed by atoms with Crippen LogP contribution in [-0.2, 0) is 21.6 Å². The first-order chi connectivity index (χ1) is 13.9. The molecule has 1 aliphatic heterocycles. The molecule has 3 amide bonds. The van der Waals surface area contributed by atoms with Gasteiger partial charge in [-0.25, -0.2) is 14.0 Å². The fourth-order valence-electron chi connectivity index (χ4n) is 3.55. The number of rotatable bonds is 7. The summed E-state index contributed by atoms with van der Waals surface area (Å²) in [5.41, 5.74) is 0.298. The molecule has 2 aromatic rings. The van der Waals surface area contributed by atoms with E-state index < -0.39 is 23.4 Å². The average Bonchev–Trinajstić information content (AvgIpc) is 2.97. The number of nitrogens with one attached hydrogen (secondary N) is 1. The number of amides is 3. The van der Waals surface area contributed by atoms with Crippen LogP contribution in [0.4, 0.5) is 9.18 Å². The highest BCUT2D eigenvalue weighted by Gasteiger charge is 2.51. The molecule has 1 atom stereocenters. The summed E-state index contributed by atoms with van der Waals surface area (Å²) in [5, 5.41) is 2.83. The molecular formula is C22H23FN2O4. The van der Waals surface area contributed by atoms with Crippen LogP contribution in [0.3, 0.4) is 0 Å². The van der Waals surface area contributed by atoms with Gasteiger partial charge in [-0.05, 0) is 41.8 Å². The topological polar surface area (TPSA) is 75.7 Å². The summed E-state index contributed by atoms with van der Waals surface area (Å²) < 4.78 is 18.1. The van der Waals surface area contributed by atoms with Crippen molar-refractivity contribution in [1.29, 1.82) is 0 Å². The van der Waals surface area contributed by atoms with Crippen molar-refractivity contribution < 1.29 is 23.5 Å². The third kappa shape index (κ3) is 3.99. The Balaban J connectivity index is 1.92. The van der Waals surface area contributed by atoms with Gasteiger partial charge >= 0.3 is 12.0 Å². The van der Waals surface area contributed by atoms with Gasteiger partial charge < -0.3 is 10.1 Å². The molecule has 1 fully saturated rings. The van der Waals surface area contributed by atoms with E-state index in [0.717, 1.165) is 17.7 Å². The Morgan fingerprint density at radius 1 is 1.17 bits per heavy atom. The second-order valence-corrected chi connectivity index (χ2v) is 7.03. The number of urea groups is 1. The molecule has 0 spiro atoms. The van der Waals surface area contributed by atoms with Crippen LogP contribution < -0.4 is 5.32 Å². The minimum atomic E-state index is -1.22. The van der Waals surface area contributed by atoms with Crippen molar-refractivity contribution in [3.8, 4) is 0 Å². The molecule has 152 valence electrons. The lowest BCUT2D eigenvalue weighted by Gasteiger charge is -2.27. The lowest BCUT2D eigenvalue weighted by molar-refractivity contribution is -0.132. The molecule has 0 radical (unpaired) electrons. The minimum Gasteiger partial charge on any atom is -0.465 e. The van der Waals surface area contributed by atoms with E-state index in [1.54, 1.807) is 24.3 Å². The second kappa shape index (κ2) is 8.43. The van der Waals surface area contributed by atoms with Crippen LogP contribution in [0, 0.1) is 5.82 Å². The van der Waals surface area contributed by atoms with Crippen LogP contribution in [-0.4, -0.2) is 29.9 Å². The van der Waals surface area contributed by atoms with Gasteiger partial charge in [-0.3, -0.25) is 9.69 Å². The molecule has 0 aliphatic carbocycles. The number of imide groups is 1. The van der Waals surface area contributed by atoms with E-state index in [1.807, 2.05) is 6.92 Å². The standard InChI is InChI=1S/C22H23FN2O4/c1-3-4-12-22(17-8-10-18(23)11-9-17)20(27)25(21(28)24-22)14-15-6-5-7-16(13-15)19(26)29-2/h5-11,13H,3-4,12,14H2,1-2H3,(H,24,28)/t22-/m1/s1. The molecule has 3 rings (SSSR count). The third-order valence-electron chi connectivity index (χ3n) is 5.11. The Morgan fingerprint density at radius 2 is 1.90 bits per heavy atom. The summed E-state index contributed by atoms with van der Waals surface area (Å²) in [6.07, 6.45) is 1.97. The maximum absolute atomic E-state index is 13.4. The molecule has 1 saturated heterocycles. The van der Waals surface area contributed by atoms with Crippen molar-refractivity contribution in [3.63, 3.8) is 0 Å². The molecule has 6 nitrogen and oxygen atoms in total. The molecule has 1 heterocycles. The molecular weight excluding hydrogens is 375 g/mol. The van der Waals surface area contributed by atoms with Crippen molar-refractivity contribution in [2.24, 2.45) is 0 Å². The molecule has 0 aromatic heterocycles. The van der Waals surface area contributed by atoms with Crippen LogP contribution >= 0.6 is 0 Å². The van der Waals surface area contributed by atoms with Gasteiger partial charge in [0.1, 0.15) is 11.4 Å². The van der Waals surface area contributed by atoms with Gasteiger partial charge in [0.15, 0.2) is 0 Å². The zero-order chi connectivity index (χ0) is 21.0. The fraction of sp³-hybridized carbons (Fsp3) is 0.318. The highest BCUT2D eigenvalue weighted by Crippen LogP contribution is 2.35. The number of hydrogen-bond acceptors (Lipinski definition) is 4. The molecule has 29 heavy (non-hydrogen) atoms. The molecule has 1 N–H and O–H groups in total. The largest absolute Gasteiger partial charge is 0.465 e. The van der Waals surface area contributed by atoms with Gasteiger partial charge in [0.2, 0.25) is 0 Å². The Labute approximate surface area is 168 Å². The van der Waals surface area contributed by atoms with Gasteiger partial charge in [-0.2, -0.15) is 0 Å². The predicted octanol–water partition coefficient (Wildman–Crippen LogP) is 3.75. The van der Waals surface area contributed by atoms with E-state index in [2.05, 4.69) is 5.32 Å². The molecule has 0 bridgehead atoms. The van der Waals surface area contributed by atoms with Crippen LogP contribution in [0.5, 0.6) is 0 Å². The molecule has 0 unspecified atom stereocenters. The number of nitrogens with zero attached hydrogens (tertiary/aromatic N) is 1. The average molecular weight is 398 g/mol. The SMILES string of the molecule is CCCC[C@]1(c2ccc(F)cc2)NC(=O)N(Cc2cccc(C(=O)OC)c2)C1=O. The van der Waals surface area contributed by atoms with Gasteiger partial charge in [-0.1, -0.05) is 44.0 Å². The first-order valence-corrected chi connectivity index (χ1v) is 9.48. The van der Waals surface area contributed by atoms with Crippen LogP contribution in [0.25, 0.3) is 0 Å². The van der Waals surface area contributed by atoms with Crippen LogP contribution in [0.2, 0.25) is 0 Å². The highest BCUT2D eigenvalue weighted by molar-refractivity contribution is 6.07. The quantitative estimate of drug-likeness (QED) is 0.569. The van der Waals surface area contributed by atoms with E-state index in [4.69, 9.17) is 4.74 Å². The summed E-state index contributed by atoms with van der Waals surface area (Å²) >= 11 is 0. The van der Waals surface area contributed by atoms with Crippen LogP contribution in [0.15, 0.2) is 48.5 Å². The zero-order valence-corrected chi connectivity index (χ0v) is 16.4. The van der Waals surface area contributed by atoms with Gasteiger partial charge in [-0.15, -0.1) is 0 Å².